The molecule has 1 fully saturated rings. The Balaban J connectivity index is 2.35. The van der Waals surface area contributed by atoms with Gasteiger partial charge in [0.05, 0.1) is 11.6 Å². The van der Waals surface area contributed by atoms with Crippen molar-refractivity contribution in [3.63, 3.8) is 0 Å². The number of oxime groups is 1. The first kappa shape index (κ1) is 6.07. The molecule has 0 radical (unpaired) electrons. The van der Waals surface area contributed by atoms with Gasteiger partial charge in [-0.25, -0.2) is 0 Å². The van der Waals surface area contributed by atoms with Crippen molar-refractivity contribution in [2.24, 2.45) is 11.1 Å². The van der Waals surface area contributed by atoms with Gasteiger partial charge in [-0.05, 0) is 0 Å². The van der Waals surface area contributed by atoms with E-state index in [2.05, 4.69) is 5.16 Å². The smallest absolute Gasteiger partial charge is 0.307 e. The van der Waals surface area contributed by atoms with E-state index in [-0.39, 0.29) is 5.92 Å². The predicted octanol–water partition coefficient (Wildman–Crippen LogP) is 0.311. The molecule has 0 aliphatic heterocycles. The van der Waals surface area contributed by atoms with Crippen molar-refractivity contribution in [3.05, 3.63) is 0 Å². The summed E-state index contributed by atoms with van der Waals surface area (Å²) in [5.41, 5.74) is 0.586. The van der Waals surface area contributed by atoms with Crippen molar-refractivity contribution in [1.29, 1.82) is 0 Å². The van der Waals surface area contributed by atoms with Crippen LogP contribution in [0.1, 0.15) is 12.8 Å². The zero-order valence-electron chi connectivity index (χ0n) is 4.74. The molecule has 4 heteroatoms. The summed E-state index contributed by atoms with van der Waals surface area (Å²) >= 11 is 0. The molecule has 1 saturated carbocycles. The van der Waals surface area contributed by atoms with E-state index in [0.717, 1.165) is 0 Å². The van der Waals surface area contributed by atoms with E-state index >= 15 is 0 Å². The Hall–Kier alpha value is -1.06. The molecule has 0 saturated heterocycles. The normalized spacial score (nSPS) is 24.9. The van der Waals surface area contributed by atoms with Gasteiger partial charge < -0.3 is 10.3 Å². The van der Waals surface area contributed by atoms with E-state index < -0.39 is 5.97 Å². The maximum atomic E-state index is 10.1. The molecule has 0 amide bonds. The summed E-state index contributed by atoms with van der Waals surface area (Å²) in [7, 11) is 0. The lowest BCUT2D eigenvalue weighted by molar-refractivity contribution is -0.142. The van der Waals surface area contributed by atoms with Gasteiger partial charge in [-0.15, -0.1) is 0 Å². The Labute approximate surface area is 51.8 Å². The highest BCUT2D eigenvalue weighted by atomic mass is 16.4. The lowest BCUT2D eigenvalue weighted by Crippen LogP contribution is -2.30. The van der Waals surface area contributed by atoms with Crippen molar-refractivity contribution in [1.82, 2.24) is 0 Å². The molecule has 0 atom stereocenters. The summed E-state index contributed by atoms with van der Waals surface area (Å²) in [5, 5.41) is 19.3. The Morgan fingerprint density at radius 2 is 2.22 bits per heavy atom. The maximum Gasteiger partial charge on any atom is 0.307 e. The highest BCUT2D eigenvalue weighted by Gasteiger charge is 2.31. The van der Waals surface area contributed by atoms with E-state index in [1.807, 2.05) is 0 Å². The topological polar surface area (TPSA) is 69.9 Å². The summed E-state index contributed by atoms with van der Waals surface area (Å²) in [6.07, 6.45) is 0.817. The number of carbonyl (C=O) groups is 1. The van der Waals surface area contributed by atoms with Crippen molar-refractivity contribution in [3.8, 4) is 0 Å². The van der Waals surface area contributed by atoms with Gasteiger partial charge in [-0.1, -0.05) is 5.16 Å². The quantitative estimate of drug-likeness (QED) is 0.395. The second kappa shape index (κ2) is 2.05. The molecule has 0 aromatic carbocycles. The van der Waals surface area contributed by atoms with Crippen LogP contribution < -0.4 is 0 Å². The molecule has 2 N–H and O–H groups in total. The number of nitrogens with zero attached hydrogens (tertiary/aromatic N) is 1. The molecule has 1 rings (SSSR count). The van der Waals surface area contributed by atoms with E-state index in [9.17, 15) is 4.79 Å². The van der Waals surface area contributed by atoms with Crippen LogP contribution in [-0.4, -0.2) is 22.0 Å². The van der Waals surface area contributed by atoms with E-state index in [1.165, 1.54) is 0 Å². The van der Waals surface area contributed by atoms with E-state index in [4.69, 9.17) is 10.3 Å². The third-order valence-electron chi connectivity index (χ3n) is 1.45. The highest BCUT2D eigenvalue weighted by Crippen LogP contribution is 2.23. The molecule has 9 heavy (non-hydrogen) atoms. The number of carboxylic acid groups (broad SMARTS) is 1. The molecule has 0 spiro atoms. The molecule has 0 aromatic rings. The fourth-order valence-electron chi connectivity index (χ4n) is 0.765. The van der Waals surface area contributed by atoms with Gasteiger partial charge >= 0.3 is 5.97 Å². The molecular formula is C5H7NO3. The summed E-state index contributed by atoms with van der Waals surface area (Å²) in [6.45, 7) is 0. The van der Waals surface area contributed by atoms with Gasteiger partial charge in [-0.2, -0.15) is 0 Å². The van der Waals surface area contributed by atoms with Crippen molar-refractivity contribution in [2.75, 3.05) is 0 Å². The molecule has 1 aliphatic rings. The fourth-order valence-corrected chi connectivity index (χ4v) is 0.765. The summed E-state index contributed by atoms with van der Waals surface area (Å²) in [4.78, 5) is 10.1. The number of hydrogen-bond donors (Lipinski definition) is 2. The Bertz CT molecular complexity index is 156. The van der Waals surface area contributed by atoms with Crippen molar-refractivity contribution in [2.45, 2.75) is 12.8 Å². The van der Waals surface area contributed by atoms with Crippen LogP contribution in [-0.2, 0) is 4.79 Å². The van der Waals surface area contributed by atoms with Gasteiger partial charge in [0.15, 0.2) is 0 Å². The van der Waals surface area contributed by atoms with Crippen LogP contribution >= 0.6 is 0 Å². The van der Waals surface area contributed by atoms with Gasteiger partial charge in [0.2, 0.25) is 0 Å². The molecule has 0 heterocycles. The summed E-state index contributed by atoms with van der Waals surface area (Å²) < 4.78 is 0. The van der Waals surface area contributed by atoms with Crippen LogP contribution in [0.25, 0.3) is 0 Å². The monoisotopic (exact) mass is 129 g/mol. The minimum atomic E-state index is -0.803. The first-order chi connectivity index (χ1) is 4.24. The van der Waals surface area contributed by atoms with Crippen molar-refractivity contribution >= 4 is 11.7 Å². The molecule has 4 nitrogen and oxygen atoms in total. The third kappa shape index (κ3) is 1.01. The second-order valence-corrected chi connectivity index (χ2v) is 2.11. The van der Waals surface area contributed by atoms with Crippen LogP contribution in [0.4, 0.5) is 0 Å². The molecule has 50 valence electrons. The minimum Gasteiger partial charge on any atom is -0.481 e. The van der Waals surface area contributed by atoms with E-state index in [0.29, 0.717) is 18.6 Å². The van der Waals surface area contributed by atoms with Gasteiger partial charge in [-0.3, -0.25) is 4.79 Å². The van der Waals surface area contributed by atoms with Crippen LogP contribution in [0.15, 0.2) is 5.16 Å². The fraction of sp³-hybridized carbons (Fsp3) is 0.600. The number of hydrogen-bond acceptors (Lipinski definition) is 3. The predicted molar refractivity (Wildman–Crippen MR) is 29.6 cm³/mol. The first-order valence-corrected chi connectivity index (χ1v) is 2.66. The minimum absolute atomic E-state index is 0.309. The van der Waals surface area contributed by atoms with Crippen LogP contribution in [0.3, 0.4) is 0 Å². The first-order valence-electron chi connectivity index (χ1n) is 2.66. The van der Waals surface area contributed by atoms with Crippen molar-refractivity contribution < 1.29 is 15.1 Å². The Morgan fingerprint density at radius 3 is 2.56 bits per heavy atom. The number of aliphatic carboxylic acids is 1. The van der Waals surface area contributed by atoms with Crippen LogP contribution in [0.5, 0.6) is 0 Å². The number of carboxylic acids is 1. The van der Waals surface area contributed by atoms with Crippen LogP contribution in [0, 0.1) is 5.92 Å². The molecule has 0 unspecified atom stereocenters. The summed E-state index contributed by atoms with van der Waals surface area (Å²) in [5.74, 6) is -1.11. The lowest BCUT2D eigenvalue weighted by atomic mass is 9.83. The third-order valence-corrected chi connectivity index (χ3v) is 1.45. The van der Waals surface area contributed by atoms with Crippen LogP contribution in [0.2, 0.25) is 0 Å². The Morgan fingerprint density at radius 1 is 1.67 bits per heavy atom. The summed E-state index contributed by atoms with van der Waals surface area (Å²) in [6, 6.07) is 0. The molecule has 0 bridgehead atoms. The zero-order chi connectivity index (χ0) is 6.85. The average molecular weight is 129 g/mol. The standard InChI is InChI=1S/C5H7NO3/c7-5(8)3-1-4(2-3)6-9/h3,9H,1-2H2,(H,7,8). The SMILES string of the molecule is O=C(O)C1CC(=NO)C1. The molecular weight excluding hydrogens is 122 g/mol. The van der Waals surface area contributed by atoms with Gasteiger partial charge in [0.1, 0.15) is 0 Å². The molecule has 1 aliphatic carbocycles. The zero-order valence-corrected chi connectivity index (χ0v) is 4.74. The molecule has 0 aromatic heterocycles. The van der Waals surface area contributed by atoms with E-state index in [1.54, 1.807) is 0 Å². The number of rotatable bonds is 1. The lowest BCUT2D eigenvalue weighted by Gasteiger charge is -2.21. The second-order valence-electron chi connectivity index (χ2n) is 2.11. The van der Waals surface area contributed by atoms with Gasteiger partial charge in [0, 0.05) is 12.8 Å². The Kier molecular flexibility index (Phi) is 1.38. The largest absolute Gasteiger partial charge is 0.481 e. The highest BCUT2D eigenvalue weighted by molar-refractivity contribution is 5.96. The average Bonchev–Trinajstić information content (AvgIpc) is 1.61. The van der Waals surface area contributed by atoms with Gasteiger partial charge in [0.25, 0.3) is 0 Å². The maximum absolute atomic E-state index is 10.1.